The molecule has 2 aliphatic heterocycles. The first-order chi connectivity index (χ1) is 12.2. The molecular formula is C15H31O8Si2. The zero-order chi connectivity index (χ0) is 18.0. The number of hydrogen-bond acceptors (Lipinski definition) is 8. The number of epoxide rings is 2. The largest absolute Gasteiger partial charge is 0.491 e. The van der Waals surface area contributed by atoms with Crippen LogP contribution in [0.25, 0.3) is 0 Å². The van der Waals surface area contributed by atoms with Gasteiger partial charge in [-0.1, -0.05) is 0 Å². The molecule has 0 aromatic carbocycles. The van der Waals surface area contributed by atoms with E-state index in [1.807, 2.05) is 0 Å². The second-order valence-electron chi connectivity index (χ2n) is 6.04. The van der Waals surface area contributed by atoms with Gasteiger partial charge < -0.3 is 36.3 Å². The summed E-state index contributed by atoms with van der Waals surface area (Å²) in [4.78, 5) is 0. The molecule has 147 valence electrons. The van der Waals surface area contributed by atoms with E-state index in [1.165, 1.54) is 0 Å². The number of hydrogen-bond donors (Lipinski definition) is 0. The predicted octanol–water partition coefficient (Wildman–Crippen LogP) is 0.980. The summed E-state index contributed by atoms with van der Waals surface area (Å²) < 4.78 is 44.4. The molecule has 0 aromatic heterocycles. The van der Waals surface area contributed by atoms with Crippen molar-refractivity contribution < 1.29 is 36.3 Å². The maximum absolute atomic E-state index is 6.18. The zero-order valence-electron chi connectivity index (χ0n) is 15.5. The molecule has 2 fully saturated rings. The van der Waals surface area contributed by atoms with Gasteiger partial charge in [-0.2, -0.15) is 0 Å². The van der Waals surface area contributed by atoms with Crippen LogP contribution in [0.3, 0.4) is 0 Å². The van der Waals surface area contributed by atoms with E-state index >= 15 is 0 Å². The van der Waals surface area contributed by atoms with E-state index in [2.05, 4.69) is 0 Å². The molecule has 0 aliphatic carbocycles. The quantitative estimate of drug-likeness (QED) is 0.205. The lowest BCUT2D eigenvalue weighted by atomic mass is 10.5. The van der Waals surface area contributed by atoms with E-state index < -0.39 is 18.1 Å². The first-order valence-electron chi connectivity index (χ1n) is 8.79. The Labute approximate surface area is 153 Å². The van der Waals surface area contributed by atoms with Gasteiger partial charge in [-0.3, -0.25) is 0 Å². The highest BCUT2D eigenvalue weighted by atomic mass is 28.4. The third-order valence-electron chi connectivity index (χ3n) is 3.97. The van der Waals surface area contributed by atoms with Gasteiger partial charge >= 0.3 is 18.1 Å². The van der Waals surface area contributed by atoms with Crippen LogP contribution < -0.4 is 0 Å². The first kappa shape index (κ1) is 21.4. The van der Waals surface area contributed by atoms with Crippen molar-refractivity contribution in [1.29, 1.82) is 0 Å². The summed E-state index contributed by atoms with van der Waals surface area (Å²) in [6.45, 7) is 4.31. The van der Waals surface area contributed by atoms with E-state index in [0.29, 0.717) is 44.7 Å². The molecule has 0 saturated carbocycles. The van der Waals surface area contributed by atoms with E-state index in [9.17, 15) is 0 Å². The summed E-state index contributed by atoms with van der Waals surface area (Å²) in [5.41, 5.74) is 0. The number of rotatable bonds is 17. The maximum atomic E-state index is 6.18. The van der Waals surface area contributed by atoms with Crippen LogP contribution in [0.4, 0.5) is 0 Å². The van der Waals surface area contributed by atoms with Gasteiger partial charge in [-0.25, -0.2) is 0 Å². The van der Waals surface area contributed by atoms with E-state index in [4.69, 9.17) is 36.3 Å². The summed E-state index contributed by atoms with van der Waals surface area (Å²) >= 11 is 0. The summed E-state index contributed by atoms with van der Waals surface area (Å²) in [6, 6.07) is 1.53. The lowest BCUT2D eigenvalue weighted by molar-refractivity contribution is 0.105. The Morgan fingerprint density at radius 2 is 1.48 bits per heavy atom. The Hall–Kier alpha value is 0.114. The second kappa shape index (κ2) is 11.7. The molecule has 2 aliphatic rings. The van der Waals surface area contributed by atoms with Crippen LogP contribution in [-0.2, 0) is 36.3 Å². The van der Waals surface area contributed by atoms with Crippen molar-refractivity contribution in [1.82, 2.24) is 0 Å². The molecule has 0 spiro atoms. The van der Waals surface area contributed by atoms with Crippen LogP contribution in [-0.4, -0.2) is 91.3 Å². The average Bonchev–Trinajstić information content (AvgIpc) is 3.53. The van der Waals surface area contributed by atoms with E-state index in [1.54, 1.807) is 21.3 Å². The van der Waals surface area contributed by atoms with Crippen molar-refractivity contribution in [2.45, 2.75) is 37.1 Å². The monoisotopic (exact) mass is 395 g/mol. The van der Waals surface area contributed by atoms with Crippen molar-refractivity contribution in [3.8, 4) is 0 Å². The van der Waals surface area contributed by atoms with Gasteiger partial charge in [0, 0.05) is 40.6 Å². The highest BCUT2D eigenvalue weighted by Crippen LogP contribution is 2.20. The predicted molar refractivity (Wildman–Crippen MR) is 93.6 cm³/mol. The minimum Gasteiger partial charge on any atom is -0.397 e. The van der Waals surface area contributed by atoms with Crippen LogP contribution in [0.15, 0.2) is 0 Å². The normalized spacial score (nSPS) is 22.6. The molecule has 0 bridgehead atoms. The molecule has 10 heteroatoms. The molecule has 2 atom stereocenters. The topological polar surface area (TPSA) is 80.4 Å². The van der Waals surface area contributed by atoms with E-state index in [0.717, 1.165) is 32.1 Å². The third kappa shape index (κ3) is 9.04. The molecular weight excluding hydrogens is 364 g/mol. The SMILES string of the molecule is CO[Si](CCCOCC1CO1)O[Si](CCCOCC1CO1)(OC)OC. The van der Waals surface area contributed by atoms with Crippen LogP contribution in [0.5, 0.6) is 0 Å². The minimum absolute atomic E-state index is 0.292. The van der Waals surface area contributed by atoms with Gasteiger partial charge in [0.25, 0.3) is 0 Å². The van der Waals surface area contributed by atoms with Crippen LogP contribution >= 0.6 is 0 Å². The van der Waals surface area contributed by atoms with Gasteiger partial charge in [0.15, 0.2) is 0 Å². The maximum Gasteiger partial charge on any atom is 0.491 e. The molecule has 0 aromatic rings. The lowest BCUT2D eigenvalue weighted by Crippen LogP contribution is -2.49. The molecule has 8 nitrogen and oxygen atoms in total. The van der Waals surface area contributed by atoms with E-state index in [-0.39, 0.29) is 0 Å². The van der Waals surface area contributed by atoms with Crippen molar-refractivity contribution in [3.05, 3.63) is 0 Å². The molecule has 2 unspecified atom stereocenters. The van der Waals surface area contributed by atoms with Gasteiger partial charge in [0.2, 0.25) is 0 Å². The summed E-state index contributed by atoms with van der Waals surface area (Å²) in [7, 11) is 0.788. The Morgan fingerprint density at radius 3 is 1.96 bits per heavy atom. The Balaban J connectivity index is 1.61. The average molecular weight is 396 g/mol. The molecule has 0 N–H and O–H groups in total. The minimum atomic E-state index is -2.72. The molecule has 25 heavy (non-hydrogen) atoms. The molecule has 2 rings (SSSR count). The van der Waals surface area contributed by atoms with Crippen molar-refractivity contribution >= 4 is 18.1 Å². The third-order valence-corrected chi connectivity index (χ3v) is 9.55. The standard InChI is InChI=1S/C15H31O8Si2/c1-16-24(8-4-6-19-10-14-12-21-14)23-25(17-2,18-3)9-5-7-20-11-15-13-22-15/h14-15H,4-13H2,1-3H3. The van der Waals surface area contributed by atoms with Gasteiger partial charge in [-0.05, 0) is 18.9 Å². The number of ether oxygens (including phenoxy) is 4. The summed E-state index contributed by atoms with van der Waals surface area (Å²) in [5, 5.41) is 0. The molecule has 1 radical (unpaired) electrons. The van der Waals surface area contributed by atoms with Crippen LogP contribution in [0.2, 0.25) is 12.1 Å². The zero-order valence-corrected chi connectivity index (χ0v) is 17.5. The fraction of sp³-hybridized carbons (Fsp3) is 1.00. The second-order valence-corrected chi connectivity index (χ2v) is 11.2. The first-order valence-corrected chi connectivity index (χ1v) is 12.2. The fourth-order valence-electron chi connectivity index (χ4n) is 2.26. The molecule has 2 saturated heterocycles. The van der Waals surface area contributed by atoms with Gasteiger partial charge in [0.1, 0.15) is 12.2 Å². The van der Waals surface area contributed by atoms with Crippen molar-refractivity contribution in [3.63, 3.8) is 0 Å². The van der Waals surface area contributed by atoms with Gasteiger partial charge in [0.05, 0.1) is 26.4 Å². The highest BCUT2D eigenvalue weighted by molar-refractivity contribution is 6.69. The van der Waals surface area contributed by atoms with Crippen LogP contribution in [0.1, 0.15) is 12.8 Å². The van der Waals surface area contributed by atoms with Crippen LogP contribution in [0, 0.1) is 0 Å². The van der Waals surface area contributed by atoms with Crippen molar-refractivity contribution in [2.75, 3.05) is 61.0 Å². The Kier molecular flexibility index (Phi) is 10.1. The summed E-state index contributed by atoms with van der Waals surface area (Å²) in [6.07, 6.45) is 2.31. The summed E-state index contributed by atoms with van der Waals surface area (Å²) in [5.74, 6) is 0. The Morgan fingerprint density at radius 1 is 0.920 bits per heavy atom. The highest BCUT2D eigenvalue weighted by Gasteiger charge is 2.42. The van der Waals surface area contributed by atoms with Crippen molar-refractivity contribution in [2.24, 2.45) is 0 Å². The smallest absolute Gasteiger partial charge is 0.397 e. The van der Waals surface area contributed by atoms with Gasteiger partial charge in [-0.15, -0.1) is 0 Å². The molecule has 2 heterocycles. The fourth-order valence-corrected chi connectivity index (χ4v) is 7.25. The molecule has 0 amide bonds. The lowest BCUT2D eigenvalue weighted by Gasteiger charge is -2.29. The Bertz CT molecular complexity index is 350.